The Morgan fingerprint density at radius 3 is 2.85 bits per heavy atom. The lowest BCUT2D eigenvalue weighted by Gasteiger charge is -2.16. The molecule has 106 valence electrons. The van der Waals surface area contributed by atoms with Gasteiger partial charge in [0.1, 0.15) is 0 Å². The summed E-state index contributed by atoms with van der Waals surface area (Å²) in [6.45, 7) is 1.87. The van der Waals surface area contributed by atoms with E-state index < -0.39 is 0 Å². The highest BCUT2D eigenvalue weighted by Crippen LogP contribution is 2.21. The third kappa shape index (κ3) is 4.24. The maximum absolute atomic E-state index is 11.9. The maximum atomic E-state index is 11.9. The van der Waals surface area contributed by atoms with Crippen molar-refractivity contribution in [2.24, 2.45) is 0 Å². The van der Waals surface area contributed by atoms with Gasteiger partial charge < -0.3 is 15.1 Å². The molecule has 0 fully saturated rings. The molecule has 6 heteroatoms. The van der Waals surface area contributed by atoms with Gasteiger partial charge in [-0.3, -0.25) is 9.59 Å². The van der Waals surface area contributed by atoms with Crippen LogP contribution in [-0.2, 0) is 16.1 Å². The van der Waals surface area contributed by atoms with Crippen molar-refractivity contribution < 1.29 is 14.0 Å². The number of furan rings is 1. The van der Waals surface area contributed by atoms with Gasteiger partial charge in [0.25, 0.3) is 0 Å². The second-order valence-corrected chi connectivity index (χ2v) is 5.36. The van der Waals surface area contributed by atoms with Crippen LogP contribution in [0.2, 0.25) is 0 Å². The van der Waals surface area contributed by atoms with E-state index in [0.29, 0.717) is 6.54 Å². The summed E-state index contributed by atoms with van der Waals surface area (Å²) >= 11 is 1.52. The quantitative estimate of drug-likeness (QED) is 0.857. The lowest BCUT2D eigenvalue weighted by molar-refractivity contribution is -0.122. The number of carbonyl (C=O) groups is 2. The Morgan fingerprint density at radius 2 is 2.25 bits per heavy atom. The highest BCUT2D eigenvalue weighted by Gasteiger charge is 2.17. The molecule has 0 aliphatic rings. The Kier molecular flexibility index (Phi) is 4.95. The molecule has 2 amide bonds. The molecule has 1 atom stereocenters. The van der Waals surface area contributed by atoms with E-state index in [-0.39, 0.29) is 24.3 Å². The van der Waals surface area contributed by atoms with Crippen LogP contribution in [0.25, 0.3) is 0 Å². The van der Waals surface area contributed by atoms with Crippen LogP contribution in [0.15, 0.2) is 40.5 Å². The van der Waals surface area contributed by atoms with Crippen molar-refractivity contribution in [1.82, 2.24) is 10.6 Å². The fourth-order valence-corrected chi connectivity index (χ4v) is 2.59. The summed E-state index contributed by atoms with van der Waals surface area (Å²) in [5.41, 5.74) is 0.908. The van der Waals surface area contributed by atoms with Crippen LogP contribution < -0.4 is 10.6 Å². The average molecular weight is 292 g/mol. The number of thiophene rings is 1. The van der Waals surface area contributed by atoms with E-state index in [0.717, 1.165) is 10.4 Å². The molecule has 0 saturated carbocycles. The van der Waals surface area contributed by atoms with Gasteiger partial charge in [0.15, 0.2) is 0 Å². The molecular formula is C14H16N2O3S. The van der Waals surface area contributed by atoms with E-state index >= 15 is 0 Å². The summed E-state index contributed by atoms with van der Waals surface area (Å²) < 4.78 is 4.93. The van der Waals surface area contributed by atoms with Crippen LogP contribution in [0.1, 0.15) is 29.8 Å². The Morgan fingerprint density at radius 1 is 1.40 bits per heavy atom. The van der Waals surface area contributed by atoms with E-state index in [1.165, 1.54) is 18.3 Å². The van der Waals surface area contributed by atoms with Crippen molar-refractivity contribution in [1.29, 1.82) is 0 Å². The molecular weight excluding hydrogens is 276 g/mol. The predicted molar refractivity (Wildman–Crippen MR) is 76.0 cm³/mol. The lowest BCUT2D eigenvalue weighted by atomic mass is 10.1. The predicted octanol–water partition coefficient (Wildman–Crippen LogP) is 2.22. The highest BCUT2D eigenvalue weighted by molar-refractivity contribution is 7.10. The Labute approximate surface area is 121 Å². The first-order chi connectivity index (χ1) is 9.65. The van der Waals surface area contributed by atoms with Crippen molar-refractivity contribution in [3.8, 4) is 0 Å². The highest BCUT2D eigenvalue weighted by atomic mass is 32.1. The van der Waals surface area contributed by atoms with E-state index in [1.54, 1.807) is 18.6 Å². The molecule has 0 saturated heterocycles. The number of rotatable bonds is 6. The van der Waals surface area contributed by atoms with Crippen LogP contribution in [0, 0.1) is 0 Å². The van der Waals surface area contributed by atoms with Crippen molar-refractivity contribution in [3.63, 3.8) is 0 Å². The van der Waals surface area contributed by atoms with Crippen molar-refractivity contribution in [3.05, 3.63) is 46.5 Å². The molecule has 5 nitrogen and oxygen atoms in total. The number of nitrogens with one attached hydrogen (secondary N) is 2. The number of hydrogen-bond acceptors (Lipinski definition) is 4. The number of amides is 2. The first-order valence-electron chi connectivity index (χ1n) is 6.23. The van der Waals surface area contributed by atoms with Gasteiger partial charge in [-0.05, 0) is 17.5 Å². The van der Waals surface area contributed by atoms with Gasteiger partial charge in [0.2, 0.25) is 11.8 Å². The van der Waals surface area contributed by atoms with Gasteiger partial charge >= 0.3 is 0 Å². The van der Waals surface area contributed by atoms with Crippen molar-refractivity contribution in [2.75, 3.05) is 0 Å². The fourth-order valence-electron chi connectivity index (χ4n) is 1.81. The Bertz CT molecular complexity index is 549. The van der Waals surface area contributed by atoms with Crippen LogP contribution >= 0.6 is 11.3 Å². The first kappa shape index (κ1) is 14.3. The van der Waals surface area contributed by atoms with Crippen LogP contribution in [0.4, 0.5) is 0 Å². The summed E-state index contributed by atoms with van der Waals surface area (Å²) in [5.74, 6) is -0.260. The Hall–Kier alpha value is -2.08. The summed E-state index contributed by atoms with van der Waals surface area (Å²) in [6.07, 6.45) is 3.37. The SMILES string of the molecule is CC(=O)N[C@@H](CC(=O)NCc1ccoc1)c1cccs1. The molecule has 2 aromatic rings. The van der Waals surface area contributed by atoms with Gasteiger partial charge in [0, 0.05) is 23.9 Å². The normalized spacial score (nSPS) is 11.8. The minimum atomic E-state index is -0.281. The van der Waals surface area contributed by atoms with Gasteiger partial charge in [-0.15, -0.1) is 11.3 Å². The zero-order chi connectivity index (χ0) is 14.4. The summed E-state index contributed by atoms with van der Waals surface area (Å²) in [7, 11) is 0. The van der Waals surface area contributed by atoms with E-state index in [9.17, 15) is 9.59 Å². The maximum Gasteiger partial charge on any atom is 0.222 e. The molecule has 2 N–H and O–H groups in total. The second kappa shape index (κ2) is 6.91. The molecule has 2 aromatic heterocycles. The zero-order valence-electron chi connectivity index (χ0n) is 11.1. The third-order valence-corrected chi connectivity index (χ3v) is 3.71. The summed E-state index contributed by atoms with van der Waals surface area (Å²) in [5, 5.41) is 7.53. The molecule has 2 heterocycles. The molecule has 2 rings (SSSR count). The monoisotopic (exact) mass is 292 g/mol. The topological polar surface area (TPSA) is 71.3 Å². The van der Waals surface area contributed by atoms with Crippen LogP contribution in [-0.4, -0.2) is 11.8 Å². The van der Waals surface area contributed by atoms with Gasteiger partial charge in [-0.2, -0.15) is 0 Å². The molecule has 20 heavy (non-hydrogen) atoms. The number of carbonyl (C=O) groups excluding carboxylic acids is 2. The van der Waals surface area contributed by atoms with Crippen molar-refractivity contribution >= 4 is 23.2 Å². The molecule has 0 unspecified atom stereocenters. The van der Waals surface area contributed by atoms with Gasteiger partial charge in [-0.25, -0.2) is 0 Å². The van der Waals surface area contributed by atoms with Crippen LogP contribution in [0.3, 0.4) is 0 Å². The fraction of sp³-hybridized carbons (Fsp3) is 0.286. The summed E-state index contributed by atoms with van der Waals surface area (Å²) in [6, 6.07) is 5.33. The molecule has 0 spiro atoms. The Balaban J connectivity index is 1.90. The standard InChI is InChI=1S/C14H16N2O3S/c1-10(17)16-12(13-3-2-6-20-13)7-14(18)15-8-11-4-5-19-9-11/h2-6,9,12H,7-8H2,1H3,(H,15,18)(H,16,17)/t12-/m0/s1. The van der Waals surface area contributed by atoms with E-state index in [2.05, 4.69) is 10.6 Å². The minimum Gasteiger partial charge on any atom is -0.472 e. The average Bonchev–Trinajstić information content (AvgIpc) is 3.08. The molecule has 0 bridgehead atoms. The molecule has 0 aliphatic carbocycles. The van der Waals surface area contributed by atoms with Gasteiger partial charge in [0.05, 0.1) is 25.0 Å². The molecule has 0 aliphatic heterocycles. The van der Waals surface area contributed by atoms with Gasteiger partial charge in [-0.1, -0.05) is 6.07 Å². The minimum absolute atomic E-state index is 0.113. The third-order valence-electron chi connectivity index (χ3n) is 2.72. The summed E-state index contributed by atoms with van der Waals surface area (Å²) in [4.78, 5) is 24.1. The van der Waals surface area contributed by atoms with E-state index in [4.69, 9.17) is 4.42 Å². The van der Waals surface area contributed by atoms with Crippen molar-refractivity contribution in [2.45, 2.75) is 25.9 Å². The zero-order valence-corrected chi connectivity index (χ0v) is 11.9. The molecule has 0 aromatic carbocycles. The smallest absolute Gasteiger partial charge is 0.222 e. The number of hydrogen-bond donors (Lipinski definition) is 2. The van der Waals surface area contributed by atoms with Crippen LogP contribution in [0.5, 0.6) is 0 Å². The first-order valence-corrected chi connectivity index (χ1v) is 7.11. The second-order valence-electron chi connectivity index (χ2n) is 4.38. The molecule has 0 radical (unpaired) electrons. The lowest BCUT2D eigenvalue weighted by Crippen LogP contribution is -2.31. The van der Waals surface area contributed by atoms with E-state index in [1.807, 2.05) is 17.5 Å². The largest absolute Gasteiger partial charge is 0.472 e.